The maximum atomic E-state index is 13.7. The molecule has 1 amide bonds. The number of allylic oxidation sites excluding steroid dienone is 1. The van der Waals surface area contributed by atoms with Crippen LogP contribution in [0.4, 0.5) is 0 Å². The van der Waals surface area contributed by atoms with Gasteiger partial charge in [-0.05, 0) is 68.7 Å². The van der Waals surface area contributed by atoms with E-state index >= 15 is 0 Å². The Kier molecular flexibility index (Phi) is 10.1. The van der Waals surface area contributed by atoms with Gasteiger partial charge in [-0.2, -0.15) is 4.31 Å². The van der Waals surface area contributed by atoms with E-state index in [0.29, 0.717) is 69.2 Å². The van der Waals surface area contributed by atoms with Crippen molar-refractivity contribution in [3.05, 3.63) is 35.0 Å². The molecule has 3 unspecified atom stereocenters. The lowest BCUT2D eigenvalue weighted by Gasteiger charge is -2.39. The fourth-order valence-corrected chi connectivity index (χ4v) is 7.63. The summed E-state index contributed by atoms with van der Waals surface area (Å²) in [7, 11) is -3.77. The van der Waals surface area contributed by atoms with Gasteiger partial charge in [-0.3, -0.25) is 10.1 Å². The molecule has 2 fully saturated rings. The molecule has 3 atom stereocenters. The molecule has 4 rings (SSSR count). The zero-order valence-corrected chi connectivity index (χ0v) is 24.5. The molecule has 1 aromatic rings. The second-order valence-electron chi connectivity index (χ2n) is 10.6. The van der Waals surface area contributed by atoms with Gasteiger partial charge in [0.05, 0.1) is 29.5 Å². The summed E-state index contributed by atoms with van der Waals surface area (Å²) in [6.07, 6.45) is 5.17. The molecule has 0 saturated carbocycles. The predicted octanol–water partition coefficient (Wildman–Crippen LogP) is 2.56. The highest BCUT2D eigenvalue weighted by Crippen LogP contribution is 2.38. The first-order valence-corrected chi connectivity index (χ1v) is 15.9. The van der Waals surface area contributed by atoms with Crippen LogP contribution in [0, 0.1) is 5.92 Å². The highest BCUT2D eigenvalue weighted by molar-refractivity contribution is 7.89. The van der Waals surface area contributed by atoms with Crippen molar-refractivity contribution in [2.24, 2.45) is 11.1 Å². The van der Waals surface area contributed by atoms with Crippen molar-refractivity contribution < 1.29 is 28.3 Å². The largest absolute Gasteiger partial charge is 0.493 e. The molecule has 3 heterocycles. The lowest BCUT2D eigenvalue weighted by molar-refractivity contribution is -0.129. The molecule has 0 aromatic heterocycles. The third-order valence-electron chi connectivity index (χ3n) is 8.11. The molecule has 3 aliphatic heterocycles. The lowest BCUT2D eigenvalue weighted by Crippen LogP contribution is -2.62. The first-order valence-electron chi connectivity index (χ1n) is 14.4. The van der Waals surface area contributed by atoms with Crippen LogP contribution in [0.1, 0.15) is 71.0 Å². The van der Waals surface area contributed by atoms with Crippen LogP contribution in [0.25, 0.3) is 0 Å². The zero-order chi connectivity index (χ0) is 28.9. The number of carbonyl (C=O) groups is 1. The van der Waals surface area contributed by atoms with Crippen molar-refractivity contribution >= 4 is 22.1 Å². The third-order valence-corrected chi connectivity index (χ3v) is 10.0. The van der Waals surface area contributed by atoms with Gasteiger partial charge in [0.1, 0.15) is 18.0 Å². The Hall–Kier alpha value is -2.67. The van der Waals surface area contributed by atoms with Crippen LogP contribution >= 0.6 is 0 Å². The number of fused-ring (bicyclic) bond motifs is 1. The number of hydrogen-bond acceptors (Lipinski definition) is 9. The molecule has 3 aliphatic rings. The molecular formula is C28H43N5O6S. The van der Waals surface area contributed by atoms with Crippen molar-refractivity contribution in [1.29, 1.82) is 0 Å². The summed E-state index contributed by atoms with van der Waals surface area (Å²) in [6.45, 7) is 7.94. The Bertz CT molecular complexity index is 1210. The van der Waals surface area contributed by atoms with Crippen LogP contribution in [0.2, 0.25) is 0 Å². The van der Waals surface area contributed by atoms with Crippen LogP contribution in [-0.2, 0) is 14.8 Å². The average molecular weight is 578 g/mol. The molecule has 2 saturated heterocycles. The van der Waals surface area contributed by atoms with Gasteiger partial charge >= 0.3 is 0 Å². The summed E-state index contributed by atoms with van der Waals surface area (Å²) in [5.74, 6) is 0.653. The number of aliphatic hydroxyl groups excluding tert-OH is 1. The van der Waals surface area contributed by atoms with E-state index in [1.807, 2.05) is 18.7 Å². The number of nitrogens with one attached hydrogen (secondary N) is 2. The summed E-state index contributed by atoms with van der Waals surface area (Å²) < 4.78 is 34.9. The van der Waals surface area contributed by atoms with E-state index in [-0.39, 0.29) is 23.5 Å². The molecule has 40 heavy (non-hydrogen) atoms. The Labute approximate surface area is 237 Å². The highest BCUT2D eigenvalue weighted by atomic mass is 32.2. The minimum atomic E-state index is -3.77. The highest BCUT2D eigenvalue weighted by Gasteiger charge is 2.48. The molecule has 0 aliphatic carbocycles. The standard InChI is InChI=1S/C28H43N5O6S/c1-4-7-21-23(18-29-36)33(6-3)26-25(21)30-27(31-28(26)35)22-17-20(8-9-24(22)39-16-5-2)40(37,38)32-13-10-19(11-14-32)12-15-34/h8-9,17-19,25-27,30,34,36H,4-7,10-16H2,1-3H3,(H,31,35)/b29-18+. The van der Waals surface area contributed by atoms with Crippen LogP contribution in [0.5, 0.6) is 5.75 Å². The van der Waals surface area contributed by atoms with E-state index in [1.54, 1.807) is 18.2 Å². The quantitative estimate of drug-likeness (QED) is 0.169. The minimum Gasteiger partial charge on any atom is -0.493 e. The number of rotatable bonds is 12. The van der Waals surface area contributed by atoms with Crippen molar-refractivity contribution in [2.45, 2.75) is 82.4 Å². The minimum absolute atomic E-state index is 0.113. The average Bonchev–Trinajstić information content (AvgIpc) is 3.25. The number of benzene rings is 1. The number of oxime groups is 1. The van der Waals surface area contributed by atoms with Crippen molar-refractivity contribution in [3.63, 3.8) is 0 Å². The number of piperidine rings is 1. The molecule has 0 radical (unpaired) electrons. The number of sulfonamides is 1. The zero-order valence-electron chi connectivity index (χ0n) is 23.7. The number of aliphatic hydroxyl groups is 1. The fraction of sp³-hybridized carbons (Fsp3) is 0.643. The monoisotopic (exact) mass is 577 g/mol. The smallest absolute Gasteiger partial charge is 0.246 e. The third kappa shape index (κ3) is 6.00. The van der Waals surface area contributed by atoms with E-state index in [0.717, 1.165) is 24.1 Å². The second-order valence-corrected chi connectivity index (χ2v) is 12.6. The summed E-state index contributed by atoms with van der Waals surface area (Å²) in [6, 6.07) is 4.02. The molecule has 0 bridgehead atoms. The predicted molar refractivity (Wildman–Crippen MR) is 152 cm³/mol. The molecule has 0 spiro atoms. The molecule has 222 valence electrons. The molecular weight excluding hydrogens is 534 g/mol. The summed E-state index contributed by atoms with van der Waals surface area (Å²) in [4.78, 5) is 15.6. The summed E-state index contributed by atoms with van der Waals surface area (Å²) in [5.41, 5.74) is 2.27. The van der Waals surface area contributed by atoms with Crippen molar-refractivity contribution in [3.8, 4) is 5.75 Å². The van der Waals surface area contributed by atoms with Gasteiger partial charge in [-0.25, -0.2) is 8.42 Å². The van der Waals surface area contributed by atoms with Crippen molar-refractivity contribution in [1.82, 2.24) is 19.8 Å². The molecule has 12 heteroatoms. The number of likely N-dealkylation sites (N-methyl/N-ethyl adjacent to an activating group) is 1. The second kappa shape index (κ2) is 13.3. The maximum Gasteiger partial charge on any atom is 0.246 e. The van der Waals surface area contributed by atoms with Crippen molar-refractivity contribution in [2.75, 3.05) is 32.8 Å². The molecule has 1 aromatic carbocycles. The van der Waals surface area contributed by atoms with Gasteiger partial charge in [-0.1, -0.05) is 25.4 Å². The van der Waals surface area contributed by atoms with Gasteiger partial charge in [0.25, 0.3) is 0 Å². The lowest BCUT2D eigenvalue weighted by atomic mass is 9.94. The topological polar surface area (TPSA) is 144 Å². The molecule has 4 N–H and O–H groups in total. The fourth-order valence-electron chi connectivity index (χ4n) is 6.12. The Morgan fingerprint density at radius 3 is 2.55 bits per heavy atom. The SMILES string of the molecule is CCCOc1ccc(S(=O)(=O)N2CCC(CCO)CC2)cc1C1NC(=O)C2C(N1)C(CCC)=C(/C=N/O)N2CC. The van der Waals surface area contributed by atoms with E-state index in [4.69, 9.17) is 4.74 Å². The Balaban J connectivity index is 1.68. The van der Waals surface area contributed by atoms with Gasteiger partial charge in [0.2, 0.25) is 15.9 Å². The first kappa shape index (κ1) is 30.3. The molecule has 11 nitrogen and oxygen atoms in total. The number of amides is 1. The van der Waals surface area contributed by atoms with E-state index in [9.17, 15) is 23.5 Å². The van der Waals surface area contributed by atoms with E-state index < -0.39 is 22.2 Å². The van der Waals surface area contributed by atoms with Gasteiger partial charge in [0, 0.05) is 31.8 Å². The van der Waals surface area contributed by atoms with Crippen LogP contribution in [0.15, 0.2) is 39.5 Å². The number of carbonyl (C=O) groups excluding carboxylic acids is 1. The van der Waals surface area contributed by atoms with Gasteiger partial charge in [-0.15, -0.1) is 0 Å². The first-order chi connectivity index (χ1) is 19.3. The van der Waals surface area contributed by atoms with Gasteiger partial charge in [0.15, 0.2) is 0 Å². The van der Waals surface area contributed by atoms with E-state index in [1.165, 1.54) is 10.5 Å². The van der Waals surface area contributed by atoms with E-state index in [2.05, 4.69) is 22.7 Å². The number of hydrogen-bond donors (Lipinski definition) is 4. The maximum absolute atomic E-state index is 13.7. The van der Waals surface area contributed by atoms with Crippen LogP contribution in [0.3, 0.4) is 0 Å². The number of nitrogens with zero attached hydrogens (tertiary/aromatic N) is 3. The van der Waals surface area contributed by atoms with Crippen LogP contribution < -0.4 is 15.4 Å². The normalized spacial score (nSPS) is 24.6. The number of ether oxygens (including phenoxy) is 1. The van der Waals surface area contributed by atoms with Crippen LogP contribution in [-0.4, -0.2) is 85.0 Å². The van der Waals surface area contributed by atoms with Gasteiger partial charge < -0.3 is 25.3 Å². The Morgan fingerprint density at radius 1 is 1.18 bits per heavy atom. The Morgan fingerprint density at radius 2 is 1.93 bits per heavy atom. The summed E-state index contributed by atoms with van der Waals surface area (Å²) in [5, 5.41) is 28.5. The summed E-state index contributed by atoms with van der Waals surface area (Å²) >= 11 is 0.